The van der Waals surface area contributed by atoms with E-state index < -0.39 is 47.9 Å². The molecule has 7 N–H and O–H groups in total. The van der Waals surface area contributed by atoms with Crippen LogP contribution in [0.2, 0.25) is 0 Å². The van der Waals surface area contributed by atoms with Crippen molar-refractivity contribution < 1.29 is 24.3 Å². The van der Waals surface area contributed by atoms with Crippen LogP contribution in [0.1, 0.15) is 31.5 Å². The van der Waals surface area contributed by atoms with E-state index in [2.05, 4.69) is 38.5 Å². The van der Waals surface area contributed by atoms with Crippen molar-refractivity contribution in [2.24, 2.45) is 11.7 Å². The SMILES string of the molecule is CC(C)CC(NC(=O)C(N)CS)C(=O)NC(Cc1ccccc1)C(=O)NC(Cc1cnc[nH]1)C(=O)O. The molecule has 1 aromatic heterocycles. The standard InChI is InChI=1S/C24H34N6O5S/c1-14(2)8-18(28-21(31)17(25)12-36)22(32)29-19(9-15-6-4-3-5-7-15)23(33)30-20(24(34)35)10-16-11-26-13-27-16/h3-7,11,13-14,17-20,36H,8-10,12,25H2,1-2H3,(H,26,27)(H,28,31)(H,29,32)(H,30,33)(H,34,35). The summed E-state index contributed by atoms with van der Waals surface area (Å²) in [7, 11) is 0. The number of imidazole rings is 1. The van der Waals surface area contributed by atoms with Gasteiger partial charge < -0.3 is 31.8 Å². The van der Waals surface area contributed by atoms with Gasteiger partial charge in [-0.2, -0.15) is 12.6 Å². The summed E-state index contributed by atoms with van der Waals surface area (Å²) in [6.45, 7) is 3.79. The number of carbonyl (C=O) groups excluding carboxylic acids is 3. The van der Waals surface area contributed by atoms with E-state index in [9.17, 15) is 24.3 Å². The zero-order chi connectivity index (χ0) is 26.7. The number of aliphatic carboxylic acids is 1. The van der Waals surface area contributed by atoms with E-state index in [-0.39, 0.29) is 24.5 Å². The Hall–Kier alpha value is -3.38. The fourth-order valence-corrected chi connectivity index (χ4v) is 3.65. The average molecular weight is 519 g/mol. The number of thiol groups is 1. The Balaban J connectivity index is 2.23. The number of aromatic amines is 1. The number of hydrogen-bond acceptors (Lipinski definition) is 7. The second-order valence-electron chi connectivity index (χ2n) is 8.91. The molecule has 0 saturated carbocycles. The van der Waals surface area contributed by atoms with E-state index in [1.165, 1.54) is 12.5 Å². The molecule has 1 heterocycles. The molecular formula is C24H34N6O5S. The number of hydrogen-bond donors (Lipinski definition) is 7. The van der Waals surface area contributed by atoms with Gasteiger partial charge in [0.1, 0.15) is 18.1 Å². The third-order valence-corrected chi connectivity index (χ3v) is 5.78. The molecule has 0 bridgehead atoms. The maximum absolute atomic E-state index is 13.2. The number of carboxylic acids is 1. The normalized spacial score (nSPS) is 14.4. The number of aromatic nitrogens is 2. The summed E-state index contributed by atoms with van der Waals surface area (Å²) in [6, 6.07) is 4.85. The average Bonchev–Trinajstić information content (AvgIpc) is 3.35. The largest absolute Gasteiger partial charge is 0.480 e. The van der Waals surface area contributed by atoms with Crippen molar-refractivity contribution in [3.05, 3.63) is 54.1 Å². The van der Waals surface area contributed by atoms with E-state index in [0.29, 0.717) is 12.1 Å². The van der Waals surface area contributed by atoms with Crippen LogP contribution < -0.4 is 21.7 Å². The molecule has 12 heteroatoms. The molecule has 4 atom stereocenters. The van der Waals surface area contributed by atoms with Gasteiger partial charge in [-0.1, -0.05) is 44.2 Å². The minimum Gasteiger partial charge on any atom is -0.480 e. The van der Waals surface area contributed by atoms with E-state index in [1.54, 1.807) is 24.3 Å². The van der Waals surface area contributed by atoms with E-state index >= 15 is 0 Å². The molecular weight excluding hydrogens is 484 g/mol. The van der Waals surface area contributed by atoms with Crippen molar-refractivity contribution in [3.8, 4) is 0 Å². The third kappa shape index (κ3) is 9.34. The van der Waals surface area contributed by atoms with Gasteiger partial charge in [0.15, 0.2) is 0 Å². The van der Waals surface area contributed by atoms with Gasteiger partial charge in [0.25, 0.3) is 0 Å². The highest BCUT2D eigenvalue weighted by Gasteiger charge is 2.31. The summed E-state index contributed by atoms with van der Waals surface area (Å²) < 4.78 is 0. The quantitative estimate of drug-likeness (QED) is 0.172. The smallest absolute Gasteiger partial charge is 0.326 e. The summed E-state index contributed by atoms with van der Waals surface area (Å²) in [5.74, 6) is -2.83. The lowest BCUT2D eigenvalue weighted by Gasteiger charge is -2.26. The Labute approximate surface area is 215 Å². The van der Waals surface area contributed by atoms with Crippen molar-refractivity contribution in [3.63, 3.8) is 0 Å². The van der Waals surface area contributed by atoms with Gasteiger partial charge in [-0.3, -0.25) is 14.4 Å². The van der Waals surface area contributed by atoms with Crippen molar-refractivity contribution in [1.82, 2.24) is 25.9 Å². The molecule has 196 valence electrons. The summed E-state index contributed by atoms with van der Waals surface area (Å²) >= 11 is 4.02. The fraction of sp³-hybridized carbons (Fsp3) is 0.458. The molecule has 11 nitrogen and oxygen atoms in total. The molecule has 1 aromatic carbocycles. The van der Waals surface area contributed by atoms with Gasteiger partial charge in [-0.25, -0.2) is 9.78 Å². The summed E-state index contributed by atoms with van der Waals surface area (Å²) in [6.07, 6.45) is 3.31. The van der Waals surface area contributed by atoms with Gasteiger partial charge in [-0.05, 0) is 17.9 Å². The highest BCUT2D eigenvalue weighted by Crippen LogP contribution is 2.09. The summed E-state index contributed by atoms with van der Waals surface area (Å²) in [5, 5.41) is 17.5. The zero-order valence-electron chi connectivity index (χ0n) is 20.3. The van der Waals surface area contributed by atoms with Crippen molar-refractivity contribution in [2.75, 3.05) is 5.75 Å². The number of H-pyrrole nitrogens is 1. The molecule has 4 unspecified atom stereocenters. The minimum atomic E-state index is -1.24. The van der Waals surface area contributed by atoms with Crippen LogP contribution in [-0.2, 0) is 32.0 Å². The highest BCUT2D eigenvalue weighted by atomic mass is 32.1. The number of rotatable bonds is 14. The highest BCUT2D eigenvalue weighted by molar-refractivity contribution is 7.80. The predicted molar refractivity (Wildman–Crippen MR) is 137 cm³/mol. The first-order chi connectivity index (χ1) is 17.1. The lowest BCUT2D eigenvalue weighted by atomic mass is 10.0. The number of benzene rings is 1. The first-order valence-electron chi connectivity index (χ1n) is 11.6. The van der Waals surface area contributed by atoms with Gasteiger partial charge >= 0.3 is 5.97 Å². The molecule has 2 aromatic rings. The van der Waals surface area contributed by atoms with Crippen LogP contribution in [0, 0.1) is 5.92 Å². The van der Waals surface area contributed by atoms with Crippen molar-refractivity contribution >= 4 is 36.3 Å². The maximum Gasteiger partial charge on any atom is 0.326 e. The Morgan fingerprint density at radius 1 is 0.972 bits per heavy atom. The van der Waals surface area contributed by atoms with Gasteiger partial charge in [0, 0.05) is 30.5 Å². The Bertz CT molecular complexity index is 1000. The number of carboxylic acid groups (broad SMARTS) is 1. The molecule has 3 amide bonds. The van der Waals surface area contributed by atoms with Crippen LogP contribution >= 0.6 is 12.6 Å². The number of nitrogens with two attached hydrogens (primary N) is 1. The Morgan fingerprint density at radius 3 is 2.14 bits per heavy atom. The van der Waals surface area contributed by atoms with E-state index in [0.717, 1.165) is 5.56 Å². The number of nitrogens with zero attached hydrogens (tertiary/aromatic N) is 1. The first-order valence-corrected chi connectivity index (χ1v) is 12.3. The molecule has 0 aliphatic heterocycles. The predicted octanol–water partition coefficient (Wildman–Crippen LogP) is 0.0371. The molecule has 0 aliphatic rings. The van der Waals surface area contributed by atoms with Gasteiger partial charge in [0.05, 0.1) is 12.4 Å². The molecule has 2 rings (SSSR count). The molecule has 36 heavy (non-hydrogen) atoms. The number of nitrogens with one attached hydrogen (secondary N) is 4. The lowest BCUT2D eigenvalue weighted by Crippen LogP contribution is -2.58. The second kappa shape index (κ2) is 14.2. The van der Waals surface area contributed by atoms with Crippen molar-refractivity contribution in [1.29, 1.82) is 0 Å². The molecule has 0 radical (unpaired) electrons. The van der Waals surface area contributed by atoms with Crippen LogP contribution in [0.5, 0.6) is 0 Å². The Kier molecular flexibility index (Phi) is 11.4. The molecule has 0 saturated heterocycles. The van der Waals surface area contributed by atoms with E-state index in [1.807, 2.05) is 19.9 Å². The fourth-order valence-electron chi connectivity index (χ4n) is 3.48. The monoisotopic (exact) mass is 518 g/mol. The van der Waals surface area contributed by atoms with Crippen LogP contribution in [0.3, 0.4) is 0 Å². The molecule has 0 aliphatic carbocycles. The first kappa shape index (κ1) is 28.9. The van der Waals surface area contributed by atoms with Crippen molar-refractivity contribution in [2.45, 2.75) is 57.3 Å². The van der Waals surface area contributed by atoms with Gasteiger partial charge in [0.2, 0.25) is 17.7 Å². The Morgan fingerprint density at radius 2 is 1.58 bits per heavy atom. The van der Waals surface area contributed by atoms with Crippen LogP contribution in [0.25, 0.3) is 0 Å². The minimum absolute atomic E-state index is 0.0132. The van der Waals surface area contributed by atoms with Crippen LogP contribution in [0.4, 0.5) is 0 Å². The molecule has 0 fully saturated rings. The summed E-state index contributed by atoms with van der Waals surface area (Å²) in [4.78, 5) is 57.2. The van der Waals surface area contributed by atoms with Crippen LogP contribution in [-0.4, -0.2) is 68.7 Å². The molecule has 0 spiro atoms. The third-order valence-electron chi connectivity index (χ3n) is 5.38. The van der Waals surface area contributed by atoms with Gasteiger partial charge in [-0.15, -0.1) is 0 Å². The zero-order valence-corrected chi connectivity index (χ0v) is 21.2. The second-order valence-corrected chi connectivity index (χ2v) is 9.28. The maximum atomic E-state index is 13.2. The topological polar surface area (TPSA) is 179 Å². The summed E-state index contributed by atoms with van der Waals surface area (Å²) in [5.41, 5.74) is 7.04. The number of carbonyl (C=O) groups is 4. The number of amides is 3. The van der Waals surface area contributed by atoms with E-state index in [4.69, 9.17) is 5.73 Å². The van der Waals surface area contributed by atoms with Crippen LogP contribution in [0.15, 0.2) is 42.9 Å². The lowest BCUT2D eigenvalue weighted by molar-refractivity contribution is -0.142.